The molecule has 0 spiro atoms. The van der Waals surface area contributed by atoms with Crippen molar-refractivity contribution in [2.75, 3.05) is 19.8 Å². The molecule has 82 heavy (non-hydrogen) atoms. The van der Waals surface area contributed by atoms with E-state index in [0.717, 1.165) is 32.1 Å². The van der Waals surface area contributed by atoms with E-state index in [9.17, 15) is 45.6 Å². The Balaban J connectivity index is 1.72. The molecule has 0 aromatic rings. The summed E-state index contributed by atoms with van der Waals surface area (Å²) in [5.41, 5.74) is 0. The lowest BCUT2D eigenvalue weighted by Crippen LogP contribution is -2.65. The highest BCUT2D eigenvalue weighted by Crippen LogP contribution is 2.30. The number of aliphatic hydroxyl groups excluding tert-OH is 8. The molecule has 14 heteroatoms. The summed E-state index contributed by atoms with van der Waals surface area (Å²) < 4.78 is 22.8. The van der Waals surface area contributed by atoms with Crippen molar-refractivity contribution in [3.05, 3.63) is 36.5 Å². The SMILES string of the molecule is CCCCCCCCCC/C=C\CCCCCCCCCCCC(=O)NC(COC1OC(CO)C(OC2OC(CO)C(O)C(O)C2O)C(O)C1O)C(O)/C=C/CC/C=C/CCCCCCCCCCCCCCCCCCCCCCC. The molecule has 12 unspecified atom stereocenters. The highest BCUT2D eigenvalue weighted by Gasteiger charge is 2.51. The van der Waals surface area contributed by atoms with Crippen LogP contribution in [0.2, 0.25) is 0 Å². The third-order valence-corrected chi connectivity index (χ3v) is 16.8. The van der Waals surface area contributed by atoms with Crippen molar-refractivity contribution in [2.24, 2.45) is 0 Å². The fourth-order valence-corrected chi connectivity index (χ4v) is 11.3. The van der Waals surface area contributed by atoms with Crippen LogP contribution in [0.15, 0.2) is 36.5 Å². The molecular formula is C68H127NO13. The lowest BCUT2D eigenvalue weighted by atomic mass is 9.97. The minimum absolute atomic E-state index is 0.248. The van der Waals surface area contributed by atoms with E-state index in [4.69, 9.17) is 18.9 Å². The predicted molar refractivity (Wildman–Crippen MR) is 332 cm³/mol. The number of aliphatic hydroxyl groups is 8. The van der Waals surface area contributed by atoms with Crippen molar-refractivity contribution < 1.29 is 64.6 Å². The molecule has 2 aliphatic rings. The maximum atomic E-state index is 13.3. The molecule has 0 radical (unpaired) electrons. The van der Waals surface area contributed by atoms with Crippen molar-refractivity contribution in [1.82, 2.24) is 5.32 Å². The number of hydrogen-bond donors (Lipinski definition) is 9. The molecule has 0 saturated carbocycles. The predicted octanol–water partition coefficient (Wildman–Crippen LogP) is 13.3. The van der Waals surface area contributed by atoms with Gasteiger partial charge < -0.3 is 65.1 Å². The van der Waals surface area contributed by atoms with Gasteiger partial charge in [0, 0.05) is 6.42 Å². The molecule has 9 N–H and O–H groups in total. The number of rotatable bonds is 56. The number of nitrogens with one attached hydrogen (secondary N) is 1. The molecule has 0 aromatic carbocycles. The number of ether oxygens (including phenoxy) is 4. The number of carbonyl (C=O) groups excluding carboxylic acids is 1. The van der Waals surface area contributed by atoms with Crippen molar-refractivity contribution in [2.45, 2.75) is 370 Å². The molecule has 1 amide bonds. The molecule has 2 rings (SSSR count). The first-order valence-electron chi connectivity index (χ1n) is 34.2. The molecule has 2 saturated heterocycles. The summed E-state index contributed by atoms with van der Waals surface area (Å²) >= 11 is 0. The maximum Gasteiger partial charge on any atom is 0.220 e. The minimum atomic E-state index is -1.79. The fraction of sp³-hybridized carbons (Fsp3) is 0.897. The quantitative estimate of drug-likeness (QED) is 0.0204. The van der Waals surface area contributed by atoms with E-state index in [1.54, 1.807) is 6.08 Å². The van der Waals surface area contributed by atoms with E-state index in [1.165, 1.54) is 231 Å². The molecule has 2 heterocycles. The topological polar surface area (TPSA) is 228 Å². The Kier molecular flexibility index (Phi) is 49.7. The van der Waals surface area contributed by atoms with Crippen LogP contribution < -0.4 is 5.32 Å². The number of unbranched alkanes of at least 4 members (excludes halogenated alkanes) is 39. The fourth-order valence-electron chi connectivity index (χ4n) is 11.3. The van der Waals surface area contributed by atoms with E-state index in [0.29, 0.717) is 12.8 Å². The Bertz CT molecular complexity index is 1510. The Morgan fingerprint density at radius 3 is 1.20 bits per heavy atom. The van der Waals surface area contributed by atoms with E-state index >= 15 is 0 Å². The molecule has 12 atom stereocenters. The summed E-state index contributed by atoms with van der Waals surface area (Å²) in [6, 6.07) is -0.933. The van der Waals surface area contributed by atoms with Gasteiger partial charge >= 0.3 is 0 Å². The first-order chi connectivity index (χ1) is 40.1. The van der Waals surface area contributed by atoms with Crippen molar-refractivity contribution in [3.63, 3.8) is 0 Å². The molecule has 0 aliphatic carbocycles. The van der Waals surface area contributed by atoms with Crippen LogP contribution in [0.4, 0.5) is 0 Å². The van der Waals surface area contributed by atoms with Gasteiger partial charge in [-0.3, -0.25) is 4.79 Å². The standard InChI is InChI=1S/C68H127NO13/c1-3-5-7-9-11-13-15-17-19-21-23-25-26-27-28-29-30-32-33-35-37-39-41-43-45-47-49-51-57(72)56(55-79-67-65(78)63(76)66(59(54-71)81-67)82-68-64(77)62(75)61(74)58(53-70)80-68)69-60(73)52-50-48-46-44-42-40-38-36-34-31-24-22-20-18-16-14-12-10-8-6-4-2/h22,24,41,43,49,51,56-59,61-68,70-72,74-78H,3-21,23,25-40,42,44-48,50,52-55H2,1-2H3,(H,69,73)/b24-22-,43-41+,51-49+. The molecule has 2 fully saturated rings. The highest BCUT2D eigenvalue weighted by atomic mass is 16.7. The van der Waals surface area contributed by atoms with Crippen LogP contribution in [0, 0.1) is 0 Å². The Labute approximate surface area is 500 Å². The summed E-state index contributed by atoms with van der Waals surface area (Å²) in [6.45, 7) is 2.82. The van der Waals surface area contributed by atoms with Gasteiger partial charge in [-0.1, -0.05) is 269 Å². The van der Waals surface area contributed by atoms with Crippen LogP contribution in [0.5, 0.6) is 0 Å². The Hall–Kier alpha value is -1.79. The van der Waals surface area contributed by atoms with Gasteiger partial charge in [-0.15, -0.1) is 0 Å². The van der Waals surface area contributed by atoms with Crippen molar-refractivity contribution in [1.29, 1.82) is 0 Å². The zero-order valence-corrected chi connectivity index (χ0v) is 52.2. The van der Waals surface area contributed by atoms with E-state index in [2.05, 4.69) is 43.5 Å². The van der Waals surface area contributed by atoms with Gasteiger partial charge in [0.2, 0.25) is 5.91 Å². The number of allylic oxidation sites excluding steroid dienone is 5. The molecular weight excluding hydrogens is 1040 g/mol. The minimum Gasteiger partial charge on any atom is -0.394 e. The molecule has 2 aliphatic heterocycles. The van der Waals surface area contributed by atoms with Gasteiger partial charge in [-0.2, -0.15) is 0 Å². The largest absolute Gasteiger partial charge is 0.394 e. The van der Waals surface area contributed by atoms with Crippen LogP contribution in [-0.2, 0) is 23.7 Å². The van der Waals surface area contributed by atoms with E-state index in [1.807, 2.05) is 6.08 Å². The number of amides is 1. The molecule has 482 valence electrons. The number of carbonyl (C=O) groups is 1. The summed E-state index contributed by atoms with van der Waals surface area (Å²) in [5, 5.41) is 87.3. The maximum absolute atomic E-state index is 13.3. The monoisotopic (exact) mass is 1170 g/mol. The van der Waals surface area contributed by atoms with E-state index < -0.39 is 86.8 Å². The van der Waals surface area contributed by atoms with Crippen molar-refractivity contribution >= 4 is 5.91 Å². The highest BCUT2D eigenvalue weighted by molar-refractivity contribution is 5.76. The summed E-state index contributed by atoms with van der Waals surface area (Å²) in [7, 11) is 0. The first kappa shape index (κ1) is 76.3. The van der Waals surface area contributed by atoms with Gasteiger partial charge in [0.25, 0.3) is 0 Å². The van der Waals surface area contributed by atoms with Crippen molar-refractivity contribution in [3.8, 4) is 0 Å². The summed E-state index contributed by atoms with van der Waals surface area (Å²) in [6.07, 6.45) is 50.6. The van der Waals surface area contributed by atoms with Crippen LogP contribution in [0.3, 0.4) is 0 Å². The second-order valence-electron chi connectivity index (χ2n) is 24.3. The van der Waals surface area contributed by atoms with Gasteiger partial charge in [-0.25, -0.2) is 0 Å². The molecule has 0 bridgehead atoms. The number of hydrogen-bond acceptors (Lipinski definition) is 13. The Morgan fingerprint density at radius 2 is 0.780 bits per heavy atom. The smallest absolute Gasteiger partial charge is 0.220 e. The average molecular weight is 1170 g/mol. The average Bonchev–Trinajstić information content (AvgIpc) is 3.66. The van der Waals surface area contributed by atoms with Crippen LogP contribution in [-0.4, -0.2) is 140 Å². The zero-order chi connectivity index (χ0) is 59.5. The van der Waals surface area contributed by atoms with Gasteiger partial charge in [0.15, 0.2) is 12.6 Å². The zero-order valence-electron chi connectivity index (χ0n) is 52.2. The van der Waals surface area contributed by atoms with Crippen LogP contribution in [0.25, 0.3) is 0 Å². The first-order valence-corrected chi connectivity index (χ1v) is 34.2. The van der Waals surface area contributed by atoms with Crippen LogP contribution in [0.1, 0.15) is 296 Å². The lowest BCUT2D eigenvalue weighted by Gasteiger charge is -2.46. The second kappa shape index (κ2) is 53.4. The van der Waals surface area contributed by atoms with Crippen LogP contribution >= 0.6 is 0 Å². The van der Waals surface area contributed by atoms with Gasteiger partial charge in [0.05, 0.1) is 32.0 Å². The normalized spacial score (nSPS) is 24.1. The second-order valence-corrected chi connectivity index (χ2v) is 24.3. The van der Waals surface area contributed by atoms with Gasteiger partial charge in [0.1, 0.15) is 48.8 Å². The van der Waals surface area contributed by atoms with Gasteiger partial charge in [-0.05, 0) is 57.8 Å². The molecule has 14 nitrogen and oxygen atoms in total. The molecule has 0 aromatic heterocycles. The summed E-state index contributed by atoms with van der Waals surface area (Å²) in [5.74, 6) is -0.248. The third kappa shape index (κ3) is 37.7. The third-order valence-electron chi connectivity index (χ3n) is 16.8. The summed E-state index contributed by atoms with van der Waals surface area (Å²) in [4.78, 5) is 13.3. The lowest BCUT2D eigenvalue weighted by molar-refractivity contribution is -0.359. The Morgan fingerprint density at radius 1 is 0.427 bits per heavy atom. The van der Waals surface area contributed by atoms with E-state index in [-0.39, 0.29) is 18.9 Å².